The van der Waals surface area contributed by atoms with Gasteiger partial charge in [-0.2, -0.15) is 25.3 Å². The van der Waals surface area contributed by atoms with E-state index < -0.39 is 5.97 Å². The van der Waals surface area contributed by atoms with E-state index in [2.05, 4.69) is 30.6 Å². The van der Waals surface area contributed by atoms with E-state index >= 15 is 0 Å². The maximum atomic E-state index is 11.8. The first-order valence-corrected chi connectivity index (χ1v) is 9.46. The summed E-state index contributed by atoms with van der Waals surface area (Å²) in [6.45, 7) is 0.694. The molecule has 1 aliphatic carbocycles. The second-order valence-electron chi connectivity index (χ2n) is 6.27. The maximum Gasteiger partial charge on any atom is 0.306 e. The summed E-state index contributed by atoms with van der Waals surface area (Å²) in [5.41, 5.74) is 0. The molecule has 0 aromatic carbocycles. The van der Waals surface area contributed by atoms with E-state index in [1.165, 1.54) is 0 Å². The van der Waals surface area contributed by atoms with Crippen LogP contribution in [0, 0.1) is 11.8 Å². The molecule has 1 unspecified atom stereocenters. The summed E-state index contributed by atoms with van der Waals surface area (Å²) in [5.74, 6) is 0.557. The summed E-state index contributed by atoms with van der Waals surface area (Å²) in [7, 11) is 0. The lowest BCUT2D eigenvalue weighted by Gasteiger charge is -2.26. The number of rotatable bonds is 10. The van der Waals surface area contributed by atoms with Crippen LogP contribution in [0.15, 0.2) is 0 Å². The standard InChI is InChI=1S/C16H29NO3S2/c18-15(4-2-1-3-14(22)9-10-21)17-11-12-5-7-13(8-6-12)16(19)20/h12-14,21-22H,1-11H2,(H,17,18)(H,19,20). The predicted octanol–water partition coefficient (Wildman–Crippen LogP) is 3.17. The lowest BCUT2D eigenvalue weighted by molar-refractivity contribution is -0.143. The van der Waals surface area contributed by atoms with Crippen LogP contribution >= 0.6 is 25.3 Å². The fourth-order valence-electron chi connectivity index (χ4n) is 2.92. The smallest absolute Gasteiger partial charge is 0.306 e. The highest BCUT2D eigenvalue weighted by atomic mass is 32.1. The molecule has 1 atom stereocenters. The molecule has 0 radical (unpaired) electrons. The van der Waals surface area contributed by atoms with Crippen LogP contribution in [0.1, 0.15) is 57.8 Å². The Bertz CT molecular complexity index is 344. The third kappa shape index (κ3) is 8.32. The van der Waals surface area contributed by atoms with Gasteiger partial charge in [-0.1, -0.05) is 6.42 Å². The van der Waals surface area contributed by atoms with Crippen molar-refractivity contribution in [3.05, 3.63) is 0 Å². The quantitative estimate of drug-likeness (QED) is 0.362. The molecular weight excluding hydrogens is 318 g/mol. The van der Waals surface area contributed by atoms with Crippen LogP contribution < -0.4 is 5.32 Å². The van der Waals surface area contributed by atoms with Crippen LogP contribution in [0.25, 0.3) is 0 Å². The van der Waals surface area contributed by atoms with Crippen molar-refractivity contribution < 1.29 is 14.7 Å². The summed E-state index contributed by atoms with van der Waals surface area (Å²) < 4.78 is 0. The zero-order chi connectivity index (χ0) is 16.4. The molecule has 0 spiro atoms. The second kappa shape index (κ2) is 11.2. The SMILES string of the molecule is O=C(CCCCC(S)CCS)NCC1CCC(C(=O)O)CC1. The Balaban J connectivity index is 2.03. The van der Waals surface area contributed by atoms with E-state index in [0.717, 1.165) is 57.1 Å². The lowest BCUT2D eigenvalue weighted by Crippen LogP contribution is -2.32. The van der Waals surface area contributed by atoms with Crippen LogP contribution in [-0.4, -0.2) is 34.5 Å². The van der Waals surface area contributed by atoms with Crippen LogP contribution in [0.3, 0.4) is 0 Å². The molecule has 4 nitrogen and oxygen atoms in total. The minimum atomic E-state index is -0.678. The summed E-state index contributed by atoms with van der Waals surface area (Å²) in [4.78, 5) is 22.7. The molecule has 0 heterocycles. The molecule has 22 heavy (non-hydrogen) atoms. The summed E-state index contributed by atoms with van der Waals surface area (Å²) in [6, 6.07) is 0. The first-order valence-electron chi connectivity index (χ1n) is 8.31. The van der Waals surface area contributed by atoms with Crippen molar-refractivity contribution in [2.45, 2.75) is 63.0 Å². The van der Waals surface area contributed by atoms with E-state index in [9.17, 15) is 9.59 Å². The zero-order valence-electron chi connectivity index (χ0n) is 13.2. The topological polar surface area (TPSA) is 66.4 Å². The number of carbonyl (C=O) groups excluding carboxylic acids is 1. The maximum absolute atomic E-state index is 11.8. The normalized spacial score (nSPS) is 23.0. The third-order valence-corrected chi connectivity index (χ3v) is 5.21. The van der Waals surface area contributed by atoms with E-state index in [4.69, 9.17) is 5.11 Å². The number of thiol groups is 2. The molecular formula is C16H29NO3S2. The zero-order valence-corrected chi connectivity index (χ0v) is 15.0. The molecule has 0 aromatic rings. The Morgan fingerprint density at radius 2 is 1.82 bits per heavy atom. The van der Waals surface area contributed by atoms with Crippen LogP contribution in [0.5, 0.6) is 0 Å². The van der Waals surface area contributed by atoms with Gasteiger partial charge >= 0.3 is 5.97 Å². The summed E-state index contributed by atoms with van der Waals surface area (Å²) in [6.07, 6.45) is 7.85. The van der Waals surface area contributed by atoms with Crippen molar-refractivity contribution in [3.63, 3.8) is 0 Å². The number of carbonyl (C=O) groups is 2. The molecule has 1 aliphatic rings. The highest BCUT2D eigenvalue weighted by molar-refractivity contribution is 7.81. The van der Waals surface area contributed by atoms with Gasteiger partial charge in [-0.15, -0.1) is 0 Å². The molecule has 0 saturated heterocycles. The fraction of sp³-hybridized carbons (Fsp3) is 0.875. The monoisotopic (exact) mass is 347 g/mol. The molecule has 0 aromatic heterocycles. The Morgan fingerprint density at radius 1 is 1.14 bits per heavy atom. The number of carboxylic acid groups (broad SMARTS) is 1. The van der Waals surface area contributed by atoms with Crippen molar-refractivity contribution in [2.75, 3.05) is 12.3 Å². The number of hydrogen-bond acceptors (Lipinski definition) is 4. The predicted molar refractivity (Wildman–Crippen MR) is 95.8 cm³/mol. The lowest BCUT2D eigenvalue weighted by atomic mass is 9.82. The average molecular weight is 348 g/mol. The number of carboxylic acids is 1. The Morgan fingerprint density at radius 3 is 2.41 bits per heavy atom. The van der Waals surface area contributed by atoms with Gasteiger partial charge in [0.05, 0.1) is 5.92 Å². The number of hydrogen-bond donors (Lipinski definition) is 4. The van der Waals surface area contributed by atoms with Gasteiger partial charge in [0.25, 0.3) is 0 Å². The van der Waals surface area contributed by atoms with Crippen molar-refractivity contribution in [2.24, 2.45) is 11.8 Å². The van der Waals surface area contributed by atoms with Crippen LogP contribution in [-0.2, 0) is 9.59 Å². The average Bonchev–Trinajstić information content (AvgIpc) is 2.50. The molecule has 1 amide bonds. The van der Waals surface area contributed by atoms with Crippen molar-refractivity contribution >= 4 is 37.1 Å². The molecule has 1 rings (SSSR count). The van der Waals surface area contributed by atoms with Gasteiger partial charge < -0.3 is 10.4 Å². The molecule has 1 saturated carbocycles. The molecule has 0 aliphatic heterocycles. The van der Waals surface area contributed by atoms with E-state index in [1.807, 2.05) is 0 Å². The summed E-state index contributed by atoms with van der Waals surface area (Å²) in [5, 5.41) is 12.3. The molecule has 1 fully saturated rings. The van der Waals surface area contributed by atoms with Gasteiger partial charge in [0.1, 0.15) is 0 Å². The van der Waals surface area contributed by atoms with Gasteiger partial charge in [-0.3, -0.25) is 9.59 Å². The highest BCUT2D eigenvalue weighted by Gasteiger charge is 2.25. The van der Waals surface area contributed by atoms with E-state index in [-0.39, 0.29) is 11.8 Å². The number of aliphatic carboxylic acids is 1. The first-order chi connectivity index (χ1) is 10.5. The van der Waals surface area contributed by atoms with Crippen molar-refractivity contribution in [1.29, 1.82) is 0 Å². The molecule has 128 valence electrons. The van der Waals surface area contributed by atoms with Gasteiger partial charge in [-0.25, -0.2) is 0 Å². The first kappa shape index (κ1) is 19.7. The largest absolute Gasteiger partial charge is 0.481 e. The van der Waals surface area contributed by atoms with Gasteiger partial charge in [0.15, 0.2) is 0 Å². The summed E-state index contributed by atoms with van der Waals surface area (Å²) >= 11 is 8.66. The van der Waals surface area contributed by atoms with Gasteiger partial charge in [-0.05, 0) is 56.6 Å². The van der Waals surface area contributed by atoms with Crippen molar-refractivity contribution in [3.8, 4) is 0 Å². The number of nitrogens with one attached hydrogen (secondary N) is 1. The Hall–Kier alpha value is -0.360. The van der Waals surface area contributed by atoms with Gasteiger partial charge in [0, 0.05) is 18.2 Å². The third-order valence-electron chi connectivity index (χ3n) is 4.44. The van der Waals surface area contributed by atoms with Crippen LogP contribution in [0.4, 0.5) is 0 Å². The fourth-order valence-corrected chi connectivity index (χ4v) is 3.75. The minimum absolute atomic E-state index is 0.116. The molecule has 0 bridgehead atoms. The van der Waals surface area contributed by atoms with Crippen molar-refractivity contribution in [1.82, 2.24) is 5.32 Å². The number of amides is 1. The Labute approximate surface area is 144 Å². The van der Waals surface area contributed by atoms with E-state index in [1.54, 1.807) is 0 Å². The van der Waals surface area contributed by atoms with Gasteiger partial charge in [0.2, 0.25) is 5.91 Å². The minimum Gasteiger partial charge on any atom is -0.481 e. The molecule has 6 heteroatoms. The second-order valence-corrected chi connectivity index (χ2v) is 7.45. The highest BCUT2D eigenvalue weighted by Crippen LogP contribution is 2.28. The molecule has 2 N–H and O–H groups in total. The van der Waals surface area contributed by atoms with Crippen LogP contribution in [0.2, 0.25) is 0 Å². The van der Waals surface area contributed by atoms with E-state index in [0.29, 0.717) is 24.1 Å². The Kier molecular flexibility index (Phi) is 10.0. The number of unbranched alkanes of at least 4 members (excludes halogenated alkanes) is 1.